The van der Waals surface area contributed by atoms with Crippen molar-refractivity contribution in [3.05, 3.63) is 0 Å². The van der Waals surface area contributed by atoms with Crippen LogP contribution in [0.1, 0.15) is 0 Å². The minimum atomic E-state index is -0.421. The van der Waals surface area contributed by atoms with Crippen LogP contribution in [0.5, 0.6) is 0 Å². The summed E-state index contributed by atoms with van der Waals surface area (Å²) < 4.78 is -0.421. The van der Waals surface area contributed by atoms with Crippen molar-refractivity contribution in [3.8, 4) is 0 Å². The normalized spacial score (nSPS) is 12.7. The molecule has 0 amide bonds. The van der Waals surface area contributed by atoms with Crippen molar-refractivity contribution in [1.82, 2.24) is 0 Å². The molecule has 0 heterocycles. The third kappa shape index (κ3) is 9.15. The molecule has 2 N–H and O–H groups in total. The van der Waals surface area contributed by atoms with Gasteiger partial charge in [0.2, 0.25) is 0 Å². The Morgan fingerprint density at radius 3 is 1.83 bits per heavy atom. The Balaban J connectivity index is 0. The van der Waals surface area contributed by atoms with E-state index in [4.69, 9.17) is 10.2 Å². The molecular formula is C2H5MoNaO2. The van der Waals surface area contributed by atoms with Crippen molar-refractivity contribution in [2.24, 2.45) is 0 Å². The third-order valence-electron chi connectivity index (χ3n) is 0.264. The molecule has 2 nitrogen and oxygen atoms in total. The maximum Gasteiger partial charge on any atom is 0 e. The Kier molecular flexibility index (Phi) is 11.6. The molecule has 0 bridgehead atoms. The maximum absolute atomic E-state index is 8.17. The fourth-order valence-electron chi connectivity index (χ4n) is 0. The predicted octanol–water partition coefficient (Wildman–Crippen LogP) is -1.54. The summed E-state index contributed by atoms with van der Waals surface area (Å²) in [4.78, 5) is 0. The first-order valence-corrected chi connectivity index (χ1v) is 2.71. The number of aliphatic hydroxyl groups excluding tert-OH is 2. The summed E-state index contributed by atoms with van der Waals surface area (Å²) in [5.74, 6) is 0. The van der Waals surface area contributed by atoms with Gasteiger partial charge in [-0.15, -0.1) is 0 Å². The molecule has 0 saturated carbocycles. The van der Waals surface area contributed by atoms with Crippen LogP contribution in [0.15, 0.2) is 0 Å². The van der Waals surface area contributed by atoms with Gasteiger partial charge in [0.05, 0.1) is 0 Å². The minimum Gasteiger partial charge on any atom is 0 e. The Labute approximate surface area is 68.6 Å². The van der Waals surface area contributed by atoms with Gasteiger partial charge in [-0.2, -0.15) is 0 Å². The summed E-state index contributed by atoms with van der Waals surface area (Å²) in [5.41, 5.74) is 0. The fraction of sp³-hybridized carbons (Fsp3) is 1.00. The minimum absolute atomic E-state index is 0. The zero-order valence-corrected chi connectivity index (χ0v) is 7.59. The second kappa shape index (κ2) is 6.61. The van der Waals surface area contributed by atoms with Crippen molar-refractivity contribution in [1.29, 1.82) is 0 Å². The van der Waals surface area contributed by atoms with E-state index in [-0.39, 0.29) is 27.7 Å². The SMILES string of the molecule is OC[CH](O)[Na].[Mo]. The van der Waals surface area contributed by atoms with Crippen molar-refractivity contribution in [3.63, 3.8) is 0 Å². The summed E-state index contributed by atoms with van der Waals surface area (Å²) in [5, 5.41) is 16.1. The van der Waals surface area contributed by atoms with Crippen LogP contribution < -0.4 is 0 Å². The van der Waals surface area contributed by atoms with Gasteiger partial charge < -0.3 is 0 Å². The number of aliphatic hydroxyl groups is 2. The fourth-order valence-corrected chi connectivity index (χ4v) is 0. The van der Waals surface area contributed by atoms with Gasteiger partial charge in [-0.1, -0.05) is 0 Å². The monoisotopic (exact) mass is 182 g/mol. The molecule has 0 aliphatic rings. The summed E-state index contributed by atoms with van der Waals surface area (Å²) in [6, 6.07) is 0. The Bertz CT molecular complexity index is 25.5. The second-order valence-corrected chi connectivity index (χ2v) is 2.36. The Morgan fingerprint density at radius 1 is 1.67 bits per heavy atom. The van der Waals surface area contributed by atoms with Gasteiger partial charge >= 0.3 is 48.1 Å². The van der Waals surface area contributed by atoms with Gasteiger partial charge in [0, 0.05) is 21.1 Å². The molecule has 0 fully saturated rings. The van der Waals surface area contributed by atoms with Crippen molar-refractivity contribution in [2.75, 3.05) is 6.61 Å². The number of hydrogen-bond acceptors (Lipinski definition) is 2. The summed E-state index contributed by atoms with van der Waals surface area (Å²) in [6.45, 7) is -0.0772. The standard InChI is InChI=1S/C2H5O2.Mo.Na/c3-1-2-4;;/h1,3-4H,2H2;;. The molecule has 6 heavy (non-hydrogen) atoms. The predicted molar refractivity (Wildman–Crippen MR) is 18.8 cm³/mol. The molecule has 0 saturated heterocycles. The molecule has 0 aromatic carbocycles. The topological polar surface area (TPSA) is 40.5 Å². The van der Waals surface area contributed by atoms with Crippen molar-refractivity contribution in [2.45, 2.75) is 3.35 Å². The van der Waals surface area contributed by atoms with Gasteiger partial charge in [-0.05, 0) is 0 Å². The van der Waals surface area contributed by atoms with Gasteiger partial charge in [-0.25, -0.2) is 0 Å². The van der Waals surface area contributed by atoms with E-state index in [0.717, 1.165) is 0 Å². The molecule has 0 radical (unpaired) electrons. The molecule has 32 valence electrons. The van der Waals surface area contributed by atoms with Crippen LogP contribution in [0.2, 0.25) is 0 Å². The number of hydrogen-bond donors (Lipinski definition) is 2. The van der Waals surface area contributed by atoms with E-state index in [9.17, 15) is 0 Å². The molecule has 1 unspecified atom stereocenters. The van der Waals surface area contributed by atoms with Crippen LogP contribution in [-0.2, 0) is 21.1 Å². The van der Waals surface area contributed by atoms with E-state index in [1.165, 1.54) is 0 Å². The first-order valence-electron chi connectivity index (χ1n) is 1.56. The van der Waals surface area contributed by atoms with Gasteiger partial charge in [-0.3, -0.25) is 0 Å². The van der Waals surface area contributed by atoms with E-state index in [1.807, 2.05) is 0 Å². The largest absolute Gasteiger partial charge is 0 e. The smallest absolute Gasteiger partial charge is 0 e. The number of rotatable bonds is 1. The van der Waals surface area contributed by atoms with Gasteiger partial charge in [0.25, 0.3) is 0 Å². The van der Waals surface area contributed by atoms with Gasteiger partial charge in [0.15, 0.2) is 0 Å². The zero-order chi connectivity index (χ0) is 4.28. The van der Waals surface area contributed by atoms with Crippen LogP contribution in [0.4, 0.5) is 0 Å². The summed E-state index contributed by atoms with van der Waals surface area (Å²) in [6.07, 6.45) is 0. The third-order valence-corrected chi connectivity index (χ3v) is 0.629. The molecule has 0 aliphatic heterocycles. The second-order valence-electron chi connectivity index (χ2n) is 1.03. The van der Waals surface area contributed by atoms with Gasteiger partial charge in [0.1, 0.15) is 0 Å². The molecule has 0 aromatic rings. The average molecular weight is 180 g/mol. The summed E-state index contributed by atoms with van der Waals surface area (Å²) in [7, 11) is 0. The van der Waals surface area contributed by atoms with Crippen molar-refractivity contribution >= 4 is 27.9 Å². The molecule has 0 rings (SSSR count). The molecule has 0 spiro atoms. The molecule has 1 atom stereocenters. The molecular weight excluding hydrogens is 175 g/mol. The van der Waals surface area contributed by atoms with Crippen molar-refractivity contribution < 1.29 is 31.3 Å². The summed E-state index contributed by atoms with van der Waals surface area (Å²) >= 11 is 0.675. The van der Waals surface area contributed by atoms with Crippen LogP contribution in [-0.4, -0.2) is 48.1 Å². The van der Waals surface area contributed by atoms with E-state index < -0.39 is 3.35 Å². The molecule has 0 aromatic heterocycles. The molecule has 4 heteroatoms. The van der Waals surface area contributed by atoms with E-state index in [2.05, 4.69) is 0 Å². The maximum atomic E-state index is 8.17. The van der Waals surface area contributed by atoms with Crippen LogP contribution in [0, 0.1) is 0 Å². The van der Waals surface area contributed by atoms with E-state index in [0.29, 0.717) is 27.9 Å². The van der Waals surface area contributed by atoms with Crippen LogP contribution >= 0.6 is 0 Å². The molecule has 0 aliphatic carbocycles. The van der Waals surface area contributed by atoms with Crippen LogP contribution in [0.3, 0.4) is 0 Å². The first-order chi connectivity index (χ1) is 2.27. The Hall–Kier alpha value is 1.61. The van der Waals surface area contributed by atoms with Crippen LogP contribution in [0.25, 0.3) is 0 Å². The quantitative estimate of drug-likeness (QED) is 0.480. The Morgan fingerprint density at radius 2 is 1.83 bits per heavy atom. The van der Waals surface area contributed by atoms with E-state index >= 15 is 0 Å². The van der Waals surface area contributed by atoms with E-state index in [1.54, 1.807) is 0 Å². The zero-order valence-electron chi connectivity index (χ0n) is 3.59. The first kappa shape index (κ1) is 10.6. The average Bonchev–Trinajstić information content (AvgIpc) is 1.38.